The van der Waals surface area contributed by atoms with Gasteiger partial charge in [-0.2, -0.15) is 0 Å². The van der Waals surface area contributed by atoms with E-state index in [9.17, 15) is 4.79 Å². The fraction of sp³-hybridized carbons (Fsp3) is 0.0909. The molecule has 1 saturated heterocycles. The van der Waals surface area contributed by atoms with Gasteiger partial charge in [0.25, 0.3) is 5.91 Å². The molecule has 0 bridgehead atoms. The number of thioether (sulfide) groups is 1. The molecule has 1 fully saturated rings. The van der Waals surface area contributed by atoms with Gasteiger partial charge >= 0.3 is 0 Å². The van der Waals surface area contributed by atoms with E-state index < -0.39 is 0 Å². The molecule has 3 aromatic rings. The normalized spacial score (nSPS) is 16.0. The van der Waals surface area contributed by atoms with Crippen LogP contribution < -0.4 is 4.90 Å². The highest BCUT2D eigenvalue weighted by Gasteiger charge is 2.34. The Morgan fingerprint density at radius 2 is 1.73 bits per heavy atom. The molecule has 26 heavy (non-hydrogen) atoms. The number of aryl methyl sites for hydroxylation is 1. The van der Waals surface area contributed by atoms with E-state index in [1.165, 1.54) is 17.3 Å². The largest absolute Gasteiger partial charge is 0.270 e. The van der Waals surface area contributed by atoms with Crippen LogP contribution in [0.1, 0.15) is 18.1 Å². The molecule has 0 spiro atoms. The second-order valence-electron chi connectivity index (χ2n) is 6.11. The van der Waals surface area contributed by atoms with Crippen molar-refractivity contribution in [1.29, 1.82) is 0 Å². The SMILES string of the molecule is CCc1ccc(/C=C2\SC(=S)N(c3cccc4ccccc34)C2=O)cc1. The Hall–Kier alpha value is -2.43. The number of nitrogens with zero attached hydrogens (tertiary/aromatic N) is 1. The van der Waals surface area contributed by atoms with E-state index in [0.29, 0.717) is 9.23 Å². The molecule has 0 unspecified atom stereocenters. The quantitative estimate of drug-likeness (QED) is 0.426. The van der Waals surface area contributed by atoms with Crippen LogP contribution in [0.25, 0.3) is 16.8 Å². The third-order valence-electron chi connectivity index (χ3n) is 4.49. The van der Waals surface area contributed by atoms with Gasteiger partial charge < -0.3 is 0 Å². The zero-order valence-corrected chi connectivity index (χ0v) is 15.9. The van der Waals surface area contributed by atoms with Gasteiger partial charge in [0.2, 0.25) is 0 Å². The highest BCUT2D eigenvalue weighted by molar-refractivity contribution is 8.27. The molecule has 1 aliphatic rings. The van der Waals surface area contributed by atoms with Crippen LogP contribution in [0.15, 0.2) is 71.6 Å². The van der Waals surface area contributed by atoms with Gasteiger partial charge in [0, 0.05) is 5.39 Å². The lowest BCUT2D eigenvalue weighted by atomic mass is 10.1. The number of fused-ring (bicyclic) bond motifs is 1. The average molecular weight is 376 g/mol. The van der Waals surface area contributed by atoms with E-state index in [4.69, 9.17) is 12.2 Å². The lowest BCUT2D eigenvalue weighted by Gasteiger charge is -2.17. The maximum absolute atomic E-state index is 13.0. The molecule has 1 heterocycles. The third-order valence-corrected chi connectivity index (χ3v) is 5.79. The Labute approximate surface area is 162 Å². The van der Waals surface area contributed by atoms with Crippen molar-refractivity contribution in [2.24, 2.45) is 0 Å². The fourth-order valence-electron chi connectivity index (χ4n) is 3.08. The van der Waals surface area contributed by atoms with Crippen LogP contribution in [0.3, 0.4) is 0 Å². The topological polar surface area (TPSA) is 20.3 Å². The number of benzene rings is 3. The minimum Gasteiger partial charge on any atom is -0.268 e. The Balaban J connectivity index is 1.72. The lowest BCUT2D eigenvalue weighted by molar-refractivity contribution is -0.113. The Bertz CT molecular complexity index is 1030. The maximum Gasteiger partial charge on any atom is 0.270 e. The standard InChI is InChI=1S/C22H17NOS2/c1-2-15-10-12-16(13-11-15)14-20-21(24)23(22(25)26-20)19-9-5-7-17-6-3-4-8-18(17)19/h3-14H,2H2,1H3/b20-14-. The number of carbonyl (C=O) groups excluding carboxylic acids is 1. The summed E-state index contributed by atoms with van der Waals surface area (Å²) in [5.74, 6) is -0.0593. The number of carbonyl (C=O) groups is 1. The molecule has 128 valence electrons. The smallest absolute Gasteiger partial charge is 0.268 e. The first kappa shape index (κ1) is 17.0. The summed E-state index contributed by atoms with van der Waals surface area (Å²) in [6.45, 7) is 2.13. The summed E-state index contributed by atoms with van der Waals surface area (Å²) < 4.78 is 0.572. The van der Waals surface area contributed by atoms with E-state index >= 15 is 0 Å². The van der Waals surface area contributed by atoms with Gasteiger partial charge in [0.1, 0.15) is 0 Å². The molecule has 2 nitrogen and oxygen atoms in total. The monoisotopic (exact) mass is 375 g/mol. The van der Waals surface area contributed by atoms with Gasteiger partial charge in [-0.3, -0.25) is 9.69 Å². The first-order chi connectivity index (χ1) is 12.7. The van der Waals surface area contributed by atoms with Crippen LogP contribution >= 0.6 is 24.0 Å². The minimum absolute atomic E-state index is 0.0593. The first-order valence-electron chi connectivity index (χ1n) is 8.52. The summed E-state index contributed by atoms with van der Waals surface area (Å²) >= 11 is 6.88. The molecule has 0 aliphatic carbocycles. The van der Waals surface area contributed by atoms with Gasteiger partial charge in [0.05, 0.1) is 10.6 Å². The van der Waals surface area contributed by atoms with Crippen LogP contribution in [-0.4, -0.2) is 10.2 Å². The van der Waals surface area contributed by atoms with Crippen LogP contribution in [-0.2, 0) is 11.2 Å². The summed E-state index contributed by atoms with van der Waals surface area (Å²) in [6, 6.07) is 22.3. The number of rotatable bonds is 3. The fourth-order valence-corrected chi connectivity index (χ4v) is 4.36. The van der Waals surface area contributed by atoms with Crippen molar-refractivity contribution in [2.75, 3.05) is 4.90 Å². The first-order valence-corrected chi connectivity index (χ1v) is 9.74. The molecule has 0 atom stereocenters. The van der Waals surface area contributed by atoms with Gasteiger partial charge in [-0.25, -0.2) is 0 Å². The molecule has 4 heteroatoms. The summed E-state index contributed by atoms with van der Waals surface area (Å²) in [5, 5.41) is 2.12. The predicted molar refractivity (Wildman–Crippen MR) is 115 cm³/mol. The highest BCUT2D eigenvalue weighted by Crippen LogP contribution is 2.38. The van der Waals surface area contributed by atoms with Gasteiger partial charge in [-0.15, -0.1) is 0 Å². The van der Waals surface area contributed by atoms with Crippen molar-refractivity contribution < 1.29 is 4.79 Å². The maximum atomic E-state index is 13.0. The second-order valence-corrected chi connectivity index (χ2v) is 7.79. The number of hydrogen-bond acceptors (Lipinski definition) is 3. The summed E-state index contributed by atoms with van der Waals surface area (Å²) in [4.78, 5) is 15.3. The molecular weight excluding hydrogens is 358 g/mol. The van der Waals surface area contributed by atoms with E-state index in [2.05, 4.69) is 19.1 Å². The van der Waals surface area contributed by atoms with Crippen molar-refractivity contribution in [3.8, 4) is 0 Å². The molecule has 1 aliphatic heterocycles. The van der Waals surface area contributed by atoms with E-state index in [0.717, 1.165) is 28.4 Å². The van der Waals surface area contributed by atoms with E-state index in [1.807, 2.05) is 60.7 Å². The van der Waals surface area contributed by atoms with Gasteiger partial charge in [0.15, 0.2) is 4.32 Å². The average Bonchev–Trinajstić information content (AvgIpc) is 2.95. The second kappa shape index (κ2) is 7.06. The van der Waals surface area contributed by atoms with Crippen LogP contribution in [0, 0.1) is 0 Å². The number of hydrogen-bond donors (Lipinski definition) is 0. The van der Waals surface area contributed by atoms with Gasteiger partial charge in [-0.05, 0) is 35.1 Å². The third kappa shape index (κ3) is 3.06. The number of anilines is 1. The van der Waals surface area contributed by atoms with Crippen molar-refractivity contribution >= 4 is 56.7 Å². The molecule has 0 aromatic heterocycles. The zero-order chi connectivity index (χ0) is 18.1. The molecule has 0 N–H and O–H groups in total. The van der Waals surface area contributed by atoms with Crippen molar-refractivity contribution in [1.82, 2.24) is 0 Å². The minimum atomic E-state index is -0.0593. The van der Waals surface area contributed by atoms with Crippen molar-refractivity contribution in [2.45, 2.75) is 13.3 Å². The molecular formula is C22H17NOS2. The highest BCUT2D eigenvalue weighted by atomic mass is 32.2. The number of amides is 1. The Kier molecular flexibility index (Phi) is 4.62. The molecule has 0 saturated carbocycles. The molecule has 0 radical (unpaired) electrons. The summed E-state index contributed by atoms with van der Waals surface area (Å²) in [7, 11) is 0. The number of thiocarbonyl (C=S) groups is 1. The molecule has 1 amide bonds. The van der Waals surface area contributed by atoms with Gasteiger partial charge in [-0.1, -0.05) is 91.6 Å². The van der Waals surface area contributed by atoms with Crippen LogP contribution in [0.2, 0.25) is 0 Å². The predicted octanol–water partition coefficient (Wildman–Crippen LogP) is 5.81. The molecule has 4 rings (SSSR count). The van der Waals surface area contributed by atoms with Crippen LogP contribution in [0.4, 0.5) is 5.69 Å². The zero-order valence-electron chi connectivity index (χ0n) is 14.3. The Morgan fingerprint density at radius 1 is 1.00 bits per heavy atom. The van der Waals surface area contributed by atoms with Crippen molar-refractivity contribution in [3.05, 3.63) is 82.8 Å². The summed E-state index contributed by atoms with van der Waals surface area (Å²) in [6.07, 6.45) is 2.92. The summed E-state index contributed by atoms with van der Waals surface area (Å²) in [5.41, 5.74) is 3.14. The Morgan fingerprint density at radius 3 is 2.50 bits per heavy atom. The van der Waals surface area contributed by atoms with E-state index in [1.54, 1.807) is 4.90 Å². The van der Waals surface area contributed by atoms with Crippen molar-refractivity contribution in [3.63, 3.8) is 0 Å². The molecule has 3 aromatic carbocycles. The lowest BCUT2D eigenvalue weighted by Crippen LogP contribution is -2.27. The van der Waals surface area contributed by atoms with E-state index in [-0.39, 0.29) is 5.91 Å². The van der Waals surface area contributed by atoms with Crippen LogP contribution in [0.5, 0.6) is 0 Å².